The summed E-state index contributed by atoms with van der Waals surface area (Å²) in [5, 5.41) is 3.33. The predicted octanol–water partition coefficient (Wildman–Crippen LogP) is -0.301. The lowest BCUT2D eigenvalue weighted by molar-refractivity contribution is -0.122. The second-order valence-corrected chi connectivity index (χ2v) is 4.43. The Morgan fingerprint density at radius 1 is 1.37 bits per heavy atom. The minimum atomic E-state index is -0.456. The van der Waals surface area contributed by atoms with Gasteiger partial charge in [-0.25, -0.2) is 4.79 Å². The molecule has 2 amide bonds. The summed E-state index contributed by atoms with van der Waals surface area (Å²) in [7, 11) is 0. The van der Waals surface area contributed by atoms with Gasteiger partial charge in [0.2, 0.25) is 5.91 Å². The van der Waals surface area contributed by atoms with E-state index in [0.717, 1.165) is 12.8 Å². The van der Waals surface area contributed by atoms with Crippen LogP contribution < -0.4 is 11.1 Å². The summed E-state index contributed by atoms with van der Waals surface area (Å²) in [6.07, 6.45) is 1.56. The molecule has 0 aliphatic carbocycles. The fourth-order valence-corrected chi connectivity index (χ4v) is 1.99. The zero-order valence-corrected chi connectivity index (χ0v) is 11.4. The molecule has 1 rings (SSSR count). The van der Waals surface area contributed by atoms with Gasteiger partial charge in [0.1, 0.15) is 6.61 Å². The normalized spacial score (nSPS) is 16.4. The number of hydrogen-bond acceptors (Lipinski definition) is 5. The van der Waals surface area contributed by atoms with E-state index in [9.17, 15) is 9.59 Å². The van der Waals surface area contributed by atoms with Crippen molar-refractivity contribution < 1.29 is 19.1 Å². The first-order valence-corrected chi connectivity index (χ1v) is 6.64. The molecule has 1 heterocycles. The second-order valence-electron chi connectivity index (χ2n) is 4.43. The third kappa shape index (κ3) is 6.40. The lowest BCUT2D eigenvalue weighted by atomic mass is 10.1. The molecule has 1 saturated heterocycles. The van der Waals surface area contributed by atoms with Crippen LogP contribution in [0.3, 0.4) is 0 Å². The number of amides is 2. The van der Waals surface area contributed by atoms with E-state index >= 15 is 0 Å². The average molecular weight is 273 g/mol. The molecule has 3 N–H and O–H groups in total. The van der Waals surface area contributed by atoms with Crippen molar-refractivity contribution in [3.63, 3.8) is 0 Å². The third-order valence-electron chi connectivity index (χ3n) is 2.94. The van der Waals surface area contributed by atoms with Crippen LogP contribution in [0.4, 0.5) is 4.79 Å². The lowest BCUT2D eigenvalue weighted by Gasteiger charge is -2.31. The maximum atomic E-state index is 11.5. The summed E-state index contributed by atoms with van der Waals surface area (Å²) in [5.41, 5.74) is 4.95. The molecular weight excluding hydrogens is 250 g/mol. The summed E-state index contributed by atoms with van der Waals surface area (Å²) >= 11 is 0. The number of nitrogens with zero attached hydrogens (tertiary/aromatic N) is 1. The van der Waals surface area contributed by atoms with E-state index in [1.54, 1.807) is 11.8 Å². The van der Waals surface area contributed by atoms with Crippen LogP contribution >= 0.6 is 0 Å². The maximum absolute atomic E-state index is 11.5. The minimum Gasteiger partial charge on any atom is -0.450 e. The first-order valence-electron chi connectivity index (χ1n) is 6.64. The van der Waals surface area contributed by atoms with Crippen molar-refractivity contribution in [2.24, 2.45) is 5.73 Å². The van der Waals surface area contributed by atoms with Crippen molar-refractivity contribution in [1.82, 2.24) is 10.2 Å². The molecule has 0 bridgehead atoms. The lowest BCUT2D eigenvalue weighted by Crippen LogP contribution is -2.45. The Kier molecular flexibility index (Phi) is 7.20. The van der Waals surface area contributed by atoms with Crippen LogP contribution in [0.1, 0.15) is 19.8 Å². The monoisotopic (exact) mass is 273 g/mol. The fraction of sp³-hybridized carbons (Fsp3) is 0.833. The molecule has 7 heteroatoms. The van der Waals surface area contributed by atoms with Crippen LogP contribution in [0.25, 0.3) is 0 Å². The van der Waals surface area contributed by atoms with Crippen molar-refractivity contribution in [2.75, 3.05) is 39.5 Å². The molecule has 0 spiro atoms. The van der Waals surface area contributed by atoms with Gasteiger partial charge >= 0.3 is 6.09 Å². The molecule has 1 fully saturated rings. The SMILES string of the molecule is CCOC(=O)N1CCC(NCCOCC(N)=O)CC1. The number of primary amides is 1. The van der Waals surface area contributed by atoms with E-state index in [1.807, 2.05) is 0 Å². The zero-order chi connectivity index (χ0) is 14.1. The molecule has 1 aliphatic rings. The van der Waals surface area contributed by atoms with Crippen LogP contribution in [0, 0.1) is 0 Å². The van der Waals surface area contributed by atoms with Crippen LogP contribution in [0.5, 0.6) is 0 Å². The quantitative estimate of drug-likeness (QED) is 0.621. The largest absolute Gasteiger partial charge is 0.450 e. The van der Waals surface area contributed by atoms with Crippen molar-refractivity contribution in [2.45, 2.75) is 25.8 Å². The summed E-state index contributed by atoms with van der Waals surface area (Å²) in [6, 6.07) is 0.378. The topological polar surface area (TPSA) is 93.9 Å². The molecule has 1 aliphatic heterocycles. The Bertz CT molecular complexity index is 291. The standard InChI is InChI=1S/C12H23N3O4/c1-2-19-12(17)15-6-3-10(4-7-15)14-5-8-18-9-11(13)16/h10,14H,2-9H2,1H3,(H2,13,16). The van der Waals surface area contributed by atoms with Gasteiger partial charge in [0, 0.05) is 25.7 Å². The number of carbonyl (C=O) groups is 2. The van der Waals surface area contributed by atoms with Gasteiger partial charge in [-0.3, -0.25) is 4.79 Å². The van der Waals surface area contributed by atoms with E-state index in [1.165, 1.54) is 0 Å². The molecule has 0 saturated carbocycles. The highest BCUT2D eigenvalue weighted by molar-refractivity contribution is 5.74. The number of nitrogens with two attached hydrogens (primary N) is 1. The molecule has 0 aromatic heterocycles. The van der Waals surface area contributed by atoms with Gasteiger partial charge in [0.25, 0.3) is 0 Å². The van der Waals surface area contributed by atoms with E-state index in [4.69, 9.17) is 15.2 Å². The minimum absolute atomic E-state index is 0.0387. The first kappa shape index (κ1) is 15.7. The van der Waals surface area contributed by atoms with Crippen molar-refractivity contribution in [3.8, 4) is 0 Å². The number of hydrogen-bond donors (Lipinski definition) is 2. The highest BCUT2D eigenvalue weighted by atomic mass is 16.6. The Hall–Kier alpha value is -1.34. The molecule has 0 aromatic carbocycles. The predicted molar refractivity (Wildman–Crippen MR) is 69.6 cm³/mol. The summed E-state index contributed by atoms with van der Waals surface area (Å²) < 4.78 is 10.0. The van der Waals surface area contributed by atoms with Gasteiger partial charge in [-0.2, -0.15) is 0 Å². The van der Waals surface area contributed by atoms with Gasteiger partial charge < -0.3 is 25.4 Å². The van der Waals surface area contributed by atoms with E-state index in [0.29, 0.717) is 38.9 Å². The third-order valence-corrected chi connectivity index (χ3v) is 2.94. The summed E-state index contributed by atoms with van der Waals surface area (Å²) in [6.45, 7) is 4.73. The van der Waals surface area contributed by atoms with Crippen LogP contribution in [0.15, 0.2) is 0 Å². The summed E-state index contributed by atoms with van der Waals surface area (Å²) in [4.78, 5) is 23.7. The fourth-order valence-electron chi connectivity index (χ4n) is 1.99. The van der Waals surface area contributed by atoms with E-state index in [-0.39, 0.29) is 12.7 Å². The molecule has 110 valence electrons. The maximum Gasteiger partial charge on any atom is 0.409 e. The number of likely N-dealkylation sites (tertiary alicyclic amines) is 1. The number of piperidine rings is 1. The van der Waals surface area contributed by atoms with Crippen LogP contribution in [0.2, 0.25) is 0 Å². The Morgan fingerprint density at radius 3 is 2.63 bits per heavy atom. The van der Waals surface area contributed by atoms with Crippen molar-refractivity contribution in [3.05, 3.63) is 0 Å². The van der Waals surface area contributed by atoms with Gasteiger partial charge in [0.15, 0.2) is 0 Å². The van der Waals surface area contributed by atoms with Crippen molar-refractivity contribution in [1.29, 1.82) is 0 Å². The second kappa shape index (κ2) is 8.71. The molecule has 7 nitrogen and oxygen atoms in total. The summed E-state index contributed by atoms with van der Waals surface area (Å²) in [5.74, 6) is -0.456. The first-order chi connectivity index (χ1) is 9.13. The number of ether oxygens (including phenoxy) is 2. The Balaban J connectivity index is 2.06. The van der Waals surface area contributed by atoms with Crippen LogP contribution in [-0.2, 0) is 14.3 Å². The molecule has 19 heavy (non-hydrogen) atoms. The van der Waals surface area contributed by atoms with E-state index < -0.39 is 5.91 Å². The van der Waals surface area contributed by atoms with Gasteiger partial charge in [-0.05, 0) is 19.8 Å². The van der Waals surface area contributed by atoms with Gasteiger partial charge in [-0.15, -0.1) is 0 Å². The zero-order valence-electron chi connectivity index (χ0n) is 11.4. The van der Waals surface area contributed by atoms with Crippen molar-refractivity contribution >= 4 is 12.0 Å². The van der Waals surface area contributed by atoms with Gasteiger partial charge in [-0.1, -0.05) is 0 Å². The molecule has 0 radical (unpaired) electrons. The highest BCUT2D eigenvalue weighted by Crippen LogP contribution is 2.11. The molecular formula is C12H23N3O4. The smallest absolute Gasteiger partial charge is 0.409 e. The Morgan fingerprint density at radius 2 is 2.05 bits per heavy atom. The molecule has 0 aromatic rings. The number of carbonyl (C=O) groups excluding carboxylic acids is 2. The molecule has 0 atom stereocenters. The average Bonchev–Trinajstić information content (AvgIpc) is 2.39. The Labute approximate surface area is 113 Å². The number of nitrogens with one attached hydrogen (secondary N) is 1. The number of rotatable bonds is 7. The molecule has 0 unspecified atom stereocenters. The van der Waals surface area contributed by atoms with Crippen LogP contribution in [-0.4, -0.2) is 62.4 Å². The van der Waals surface area contributed by atoms with Gasteiger partial charge in [0.05, 0.1) is 13.2 Å². The highest BCUT2D eigenvalue weighted by Gasteiger charge is 2.22. The van der Waals surface area contributed by atoms with E-state index in [2.05, 4.69) is 5.32 Å².